The van der Waals surface area contributed by atoms with E-state index in [-0.39, 0.29) is 0 Å². The molecule has 108 valence electrons. The van der Waals surface area contributed by atoms with Gasteiger partial charge in [0.1, 0.15) is 6.61 Å². The van der Waals surface area contributed by atoms with Gasteiger partial charge in [0.25, 0.3) is 0 Å². The predicted molar refractivity (Wildman–Crippen MR) is 78.3 cm³/mol. The highest BCUT2D eigenvalue weighted by Crippen LogP contribution is 2.25. The molecule has 0 aliphatic heterocycles. The summed E-state index contributed by atoms with van der Waals surface area (Å²) in [5.74, 6) is 1.53. The number of para-hydroxylation sites is 2. The summed E-state index contributed by atoms with van der Waals surface area (Å²) in [5, 5.41) is 10.5. The minimum atomic E-state index is 0.594. The first-order valence-corrected chi connectivity index (χ1v) is 6.69. The van der Waals surface area contributed by atoms with Crippen molar-refractivity contribution in [3.63, 3.8) is 0 Å². The fourth-order valence-electron chi connectivity index (χ4n) is 2.02. The lowest BCUT2D eigenvalue weighted by Crippen LogP contribution is -2.21. The van der Waals surface area contributed by atoms with Crippen molar-refractivity contribution < 1.29 is 9.47 Å². The van der Waals surface area contributed by atoms with Crippen LogP contribution in [0.15, 0.2) is 24.3 Å². The number of nitrogens with zero attached hydrogens (tertiary/aromatic N) is 1. The van der Waals surface area contributed by atoms with Crippen LogP contribution < -0.4 is 14.8 Å². The molecule has 0 aliphatic carbocycles. The van der Waals surface area contributed by atoms with Gasteiger partial charge in [-0.3, -0.25) is 5.10 Å². The molecule has 2 rings (SSSR count). The van der Waals surface area contributed by atoms with Crippen LogP contribution in [0.4, 0.5) is 0 Å². The summed E-state index contributed by atoms with van der Waals surface area (Å²) >= 11 is 0. The maximum Gasteiger partial charge on any atom is 0.161 e. The van der Waals surface area contributed by atoms with Gasteiger partial charge < -0.3 is 14.8 Å². The molecule has 5 heteroatoms. The highest BCUT2D eigenvalue weighted by atomic mass is 16.5. The molecule has 0 bridgehead atoms. The summed E-state index contributed by atoms with van der Waals surface area (Å²) in [5.41, 5.74) is 3.38. The molecular weight excluding hydrogens is 254 g/mol. The lowest BCUT2D eigenvalue weighted by molar-refractivity contribution is 0.292. The Bertz CT molecular complexity index is 532. The van der Waals surface area contributed by atoms with E-state index in [1.165, 1.54) is 5.56 Å². The predicted octanol–water partition coefficient (Wildman–Crippen LogP) is 2.20. The van der Waals surface area contributed by atoms with Gasteiger partial charge in [0.05, 0.1) is 12.8 Å². The van der Waals surface area contributed by atoms with E-state index in [4.69, 9.17) is 9.47 Å². The number of methoxy groups -OCH3 is 1. The van der Waals surface area contributed by atoms with Crippen LogP contribution in [-0.2, 0) is 6.54 Å². The largest absolute Gasteiger partial charge is 0.493 e. The SMILES string of the molecule is COc1ccccc1OCCNCc1c(C)n[nH]c1C. The zero-order chi connectivity index (χ0) is 14.4. The molecule has 1 heterocycles. The van der Waals surface area contributed by atoms with Crippen LogP contribution in [0.25, 0.3) is 0 Å². The minimum Gasteiger partial charge on any atom is -0.493 e. The summed E-state index contributed by atoms with van der Waals surface area (Å²) in [6, 6.07) is 7.65. The van der Waals surface area contributed by atoms with Crippen molar-refractivity contribution in [2.24, 2.45) is 0 Å². The van der Waals surface area contributed by atoms with Gasteiger partial charge >= 0.3 is 0 Å². The van der Waals surface area contributed by atoms with Crippen LogP contribution in [0.1, 0.15) is 17.0 Å². The maximum absolute atomic E-state index is 5.70. The number of aryl methyl sites for hydroxylation is 2. The van der Waals surface area contributed by atoms with Gasteiger partial charge in [-0.05, 0) is 26.0 Å². The number of benzene rings is 1. The monoisotopic (exact) mass is 275 g/mol. The average molecular weight is 275 g/mol. The smallest absolute Gasteiger partial charge is 0.161 e. The van der Waals surface area contributed by atoms with Gasteiger partial charge in [0, 0.05) is 24.3 Å². The second-order valence-electron chi connectivity index (χ2n) is 4.59. The topological polar surface area (TPSA) is 59.2 Å². The van der Waals surface area contributed by atoms with Crippen molar-refractivity contribution in [1.29, 1.82) is 0 Å². The molecule has 0 unspecified atom stereocenters. The van der Waals surface area contributed by atoms with E-state index in [0.717, 1.165) is 36.0 Å². The number of ether oxygens (including phenoxy) is 2. The van der Waals surface area contributed by atoms with Crippen molar-refractivity contribution in [2.75, 3.05) is 20.3 Å². The quantitative estimate of drug-likeness (QED) is 0.761. The molecule has 0 saturated heterocycles. The average Bonchev–Trinajstić information content (AvgIpc) is 2.79. The summed E-state index contributed by atoms with van der Waals surface area (Å²) < 4.78 is 10.9. The van der Waals surface area contributed by atoms with E-state index >= 15 is 0 Å². The van der Waals surface area contributed by atoms with Crippen molar-refractivity contribution >= 4 is 0 Å². The number of aromatic nitrogens is 2. The standard InChI is InChI=1S/C15H21N3O2/c1-11-13(12(2)18-17-11)10-16-8-9-20-15-7-5-4-6-14(15)19-3/h4-7,16H,8-10H2,1-3H3,(H,17,18). The van der Waals surface area contributed by atoms with Crippen LogP contribution in [0.3, 0.4) is 0 Å². The number of hydrogen-bond acceptors (Lipinski definition) is 4. The van der Waals surface area contributed by atoms with Crippen LogP contribution in [0.5, 0.6) is 11.5 Å². The Morgan fingerprint density at radius 3 is 2.60 bits per heavy atom. The van der Waals surface area contributed by atoms with Crippen molar-refractivity contribution in [1.82, 2.24) is 15.5 Å². The third-order valence-corrected chi connectivity index (χ3v) is 3.19. The molecule has 2 aromatic rings. The molecule has 0 aliphatic rings. The fourth-order valence-corrected chi connectivity index (χ4v) is 2.02. The molecule has 0 atom stereocenters. The Labute approximate surface area is 119 Å². The zero-order valence-electron chi connectivity index (χ0n) is 12.2. The minimum absolute atomic E-state index is 0.594. The molecule has 1 aromatic heterocycles. The summed E-state index contributed by atoms with van der Waals surface area (Å²) in [6.45, 7) is 6.19. The summed E-state index contributed by atoms with van der Waals surface area (Å²) in [7, 11) is 1.64. The van der Waals surface area contributed by atoms with Gasteiger partial charge in [-0.25, -0.2) is 0 Å². The molecule has 0 amide bonds. The van der Waals surface area contributed by atoms with Crippen LogP contribution in [0, 0.1) is 13.8 Å². The van der Waals surface area contributed by atoms with Gasteiger partial charge in [-0.1, -0.05) is 12.1 Å². The Hall–Kier alpha value is -2.01. The van der Waals surface area contributed by atoms with E-state index in [0.29, 0.717) is 6.61 Å². The first-order valence-electron chi connectivity index (χ1n) is 6.69. The van der Waals surface area contributed by atoms with E-state index < -0.39 is 0 Å². The van der Waals surface area contributed by atoms with Gasteiger partial charge in [0.15, 0.2) is 11.5 Å². The molecule has 0 fully saturated rings. The molecule has 0 radical (unpaired) electrons. The van der Waals surface area contributed by atoms with E-state index in [9.17, 15) is 0 Å². The molecule has 1 aromatic carbocycles. The van der Waals surface area contributed by atoms with Gasteiger partial charge in [0.2, 0.25) is 0 Å². The summed E-state index contributed by atoms with van der Waals surface area (Å²) in [4.78, 5) is 0. The third-order valence-electron chi connectivity index (χ3n) is 3.19. The molecule has 0 saturated carbocycles. The van der Waals surface area contributed by atoms with E-state index in [1.807, 2.05) is 38.1 Å². The first-order chi connectivity index (χ1) is 9.72. The number of nitrogens with one attached hydrogen (secondary N) is 2. The van der Waals surface area contributed by atoms with Crippen LogP contribution >= 0.6 is 0 Å². The highest BCUT2D eigenvalue weighted by Gasteiger charge is 2.05. The molecule has 2 N–H and O–H groups in total. The Balaban J connectivity index is 1.74. The molecule has 5 nitrogen and oxygen atoms in total. The number of aromatic amines is 1. The zero-order valence-corrected chi connectivity index (χ0v) is 12.2. The van der Waals surface area contributed by atoms with Crippen LogP contribution in [-0.4, -0.2) is 30.5 Å². The Morgan fingerprint density at radius 2 is 1.95 bits per heavy atom. The second kappa shape index (κ2) is 6.96. The Kier molecular flexibility index (Phi) is 5.01. The van der Waals surface area contributed by atoms with Gasteiger partial charge in [-0.2, -0.15) is 5.10 Å². The Morgan fingerprint density at radius 1 is 1.20 bits per heavy atom. The normalized spacial score (nSPS) is 10.6. The molecule has 0 spiro atoms. The fraction of sp³-hybridized carbons (Fsp3) is 0.400. The molecule has 20 heavy (non-hydrogen) atoms. The van der Waals surface area contributed by atoms with Crippen molar-refractivity contribution in [3.8, 4) is 11.5 Å². The molecular formula is C15H21N3O2. The first kappa shape index (κ1) is 14.4. The second-order valence-corrected chi connectivity index (χ2v) is 4.59. The number of rotatable bonds is 7. The van der Waals surface area contributed by atoms with Crippen LogP contribution in [0.2, 0.25) is 0 Å². The third kappa shape index (κ3) is 3.51. The number of H-pyrrole nitrogens is 1. The van der Waals surface area contributed by atoms with Crippen molar-refractivity contribution in [2.45, 2.75) is 20.4 Å². The maximum atomic E-state index is 5.70. The lowest BCUT2D eigenvalue weighted by Gasteiger charge is -2.10. The van der Waals surface area contributed by atoms with Gasteiger partial charge in [-0.15, -0.1) is 0 Å². The van der Waals surface area contributed by atoms with E-state index in [1.54, 1.807) is 7.11 Å². The van der Waals surface area contributed by atoms with Crippen molar-refractivity contribution in [3.05, 3.63) is 41.2 Å². The van der Waals surface area contributed by atoms with E-state index in [2.05, 4.69) is 15.5 Å². The summed E-state index contributed by atoms with van der Waals surface area (Å²) in [6.07, 6.45) is 0. The lowest BCUT2D eigenvalue weighted by atomic mass is 10.2. The number of hydrogen-bond donors (Lipinski definition) is 2. The highest BCUT2D eigenvalue weighted by molar-refractivity contribution is 5.39.